The number of hydrazine groups is 1. The van der Waals surface area contributed by atoms with Crippen LogP contribution in [0.2, 0.25) is 0 Å². The average Bonchev–Trinajstić information content (AvgIpc) is 2.23. The number of nitrogens with two attached hydrogens (primary N) is 2. The molecule has 0 aromatic heterocycles. The summed E-state index contributed by atoms with van der Waals surface area (Å²) in [6, 6.07) is 10.4. The Hall–Kier alpha value is -0.900. The van der Waals surface area contributed by atoms with Crippen LogP contribution in [0.3, 0.4) is 0 Å². The molecule has 1 aliphatic heterocycles. The molecule has 0 saturated carbocycles. The Kier molecular flexibility index (Phi) is 2.82. The van der Waals surface area contributed by atoms with Crippen molar-refractivity contribution in [3.8, 4) is 0 Å². The van der Waals surface area contributed by atoms with E-state index in [1.165, 1.54) is 5.56 Å². The molecule has 2 atom stereocenters. The number of nitrogens with zero attached hydrogens (tertiary/aromatic N) is 1. The molecule has 4 N–H and O–H groups in total. The molecule has 0 amide bonds. The van der Waals surface area contributed by atoms with Crippen molar-refractivity contribution < 1.29 is 0 Å². The highest BCUT2D eigenvalue weighted by molar-refractivity contribution is 5.21. The van der Waals surface area contributed by atoms with Gasteiger partial charge in [0.2, 0.25) is 0 Å². The molecule has 1 saturated heterocycles. The molecule has 3 heteroatoms. The lowest BCUT2D eigenvalue weighted by Gasteiger charge is -2.36. The predicted molar refractivity (Wildman–Crippen MR) is 57.3 cm³/mol. The van der Waals surface area contributed by atoms with Crippen molar-refractivity contribution in [3.63, 3.8) is 0 Å². The third kappa shape index (κ3) is 1.80. The van der Waals surface area contributed by atoms with Gasteiger partial charge in [-0.3, -0.25) is 5.84 Å². The number of hydrogen-bond acceptors (Lipinski definition) is 3. The third-order valence-corrected chi connectivity index (χ3v) is 2.95. The molecule has 1 aromatic rings. The van der Waals surface area contributed by atoms with Gasteiger partial charge in [0.25, 0.3) is 0 Å². The molecule has 0 spiro atoms. The van der Waals surface area contributed by atoms with Crippen molar-refractivity contribution in [3.05, 3.63) is 35.9 Å². The predicted octanol–water partition coefficient (Wildman–Crippen LogP) is 1.02. The number of piperidine rings is 1. The summed E-state index contributed by atoms with van der Waals surface area (Å²) in [5.41, 5.74) is 7.36. The first-order chi connectivity index (χ1) is 6.79. The summed E-state index contributed by atoms with van der Waals surface area (Å²) in [5, 5.41) is 1.75. The lowest BCUT2D eigenvalue weighted by atomic mass is 9.89. The molecular weight excluding hydrogens is 174 g/mol. The first kappa shape index (κ1) is 9.65. The Morgan fingerprint density at radius 1 is 1.21 bits per heavy atom. The Morgan fingerprint density at radius 3 is 2.64 bits per heavy atom. The smallest absolute Gasteiger partial charge is 0.0774 e. The van der Waals surface area contributed by atoms with Crippen molar-refractivity contribution in [2.75, 3.05) is 6.54 Å². The van der Waals surface area contributed by atoms with E-state index in [2.05, 4.69) is 24.3 Å². The van der Waals surface area contributed by atoms with Crippen molar-refractivity contribution in [1.29, 1.82) is 0 Å². The Bertz CT molecular complexity index is 286. The van der Waals surface area contributed by atoms with Crippen LogP contribution in [0.4, 0.5) is 0 Å². The maximum Gasteiger partial charge on any atom is 0.0774 e. The number of benzene rings is 1. The minimum absolute atomic E-state index is 0.0360. The number of rotatable bonds is 1. The summed E-state index contributed by atoms with van der Waals surface area (Å²) in [5.74, 6) is 6.20. The molecule has 76 valence electrons. The van der Waals surface area contributed by atoms with Crippen molar-refractivity contribution in [1.82, 2.24) is 5.01 Å². The standard InChI is InChI=1S/C11H17N3/c12-11-10(7-4-8-14(11)13)9-5-2-1-3-6-9/h1-3,5-6,10-11H,4,7-8,12-13H2. The summed E-state index contributed by atoms with van der Waals surface area (Å²) in [7, 11) is 0. The summed E-state index contributed by atoms with van der Waals surface area (Å²) >= 11 is 0. The second-order valence-electron chi connectivity index (χ2n) is 3.89. The van der Waals surface area contributed by atoms with E-state index in [1.54, 1.807) is 5.01 Å². The zero-order valence-electron chi connectivity index (χ0n) is 8.26. The van der Waals surface area contributed by atoms with Crippen LogP contribution in [0.5, 0.6) is 0 Å². The van der Waals surface area contributed by atoms with Gasteiger partial charge in [-0.1, -0.05) is 30.3 Å². The first-order valence-corrected chi connectivity index (χ1v) is 5.11. The van der Waals surface area contributed by atoms with Gasteiger partial charge in [0.1, 0.15) is 0 Å². The third-order valence-electron chi connectivity index (χ3n) is 2.95. The zero-order valence-corrected chi connectivity index (χ0v) is 8.26. The topological polar surface area (TPSA) is 55.3 Å². The highest BCUT2D eigenvalue weighted by Crippen LogP contribution is 2.28. The van der Waals surface area contributed by atoms with Gasteiger partial charge in [0, 0.05) is 12.5 Å². The Balaban J connectivity index is 2.17. The monoisotopic (exact) mass is 191 g/mol. The fourth-order valence-electron chi connectivity index (χ4n) is 2.11. The minimum atomic E-state index is -0.0360. The minimum Gasteiger partial charge on any atom is -0.314 e. The molecule has 14 heavy (non-hydrogen) atoms. The number of hydrogen-bond donors (Lipinski definition) is 2. The summed E-state index contributed by atoms with van der Waals surface area (Å²) in [6.45, 7) is 0.907. The largest absolute Gasteiger partial charge is 0.314 e. The molecule has 0 aliphatic carbocycles. The average molecular weight is 191 g/mol. The second-order valence-corrected chi connectivity index (χ2v) is 3.89. The van der Waals surface area contributed by atoms with Crippen LogP contribution in [0.15, 0.2) is 30.3 Å². The van der Waals surface area contributed by atoms with E-state index in [1.807, 2.05) is 6.07 Å². The molecular formula is C11H17N3. The van der Waals surface area contributed by atoms with Crippen LogP contribution in [-0.4, -0.2) is 17.7 Å². The summed E-state index contributed by atoms with van der Waals surface area (Å²) in [6.07, 6.45) is 2.23. The van der Waals surface area contributed by atoms with Gasteiger partial charge in [0.05, 0.1) is 6.17 Å². The first-order valence-electron chi connectivity index (χ1n) is 5.11. The van der Waals surface area contributed by atoms with E-state index in [0.717, 1.165) is 19.4 Å². The molecule has 0 bridgehead atoms. The molecule has 1 heterocycles. The maximum atomic E-state index is 6.06. The Morgan fingerprint density at radius 2 is 1.93 bits per heavy atom. The van der Waals surface area contributed by atoms with Crippen LogP contribution in [0, 0.1) is 0 Å². The molecule has 2 rings (SSSR count). The van der Waals surface area contributed by atoms with Gasteiger partial charge in [-0.05, 0) is 18.4 Å². The van der Waals surface area contributed by atoms with Crippen LogP contribution < -0.4 is 11.6 Å². The highest BCUT2D eigenvalue weighted by Gasteiger charge is 2.27. The Labute approximate surface area is 84.7 Å². The second kappa shape index (κ2) is 4.09. The molecule has 1 aromatic carbocycles. The van der Waals surface area contributed by atoms with E-state index >= 15 is 0 Å². The summed E-state index contributed by atoms with van der Waals surface area (Å²) < 4.78 is 0. The maximum absolute atomic E-state index is 6.06. The highest BCUT2D eigenvalue weighted by atomic mass is 15.5. The molecule has 0 radical (unpaired) electrons. The van der Waals surface area contributed by atoms with E-state index in [-0.39, 0.29) is 6.17 Å². The molecule has 1 fully saturated rings. The van der Waals surface area contributed by atoms with Gasteiger partial charge >= 0.3 is 0 Å². The lowest BCUT2D eigenvalue weighted by molar-refractivity contribution is 0.132. The summed E-state index contributed by atoms with van der Waals surface area (Å²) in [4.78, 5) is 0. The van der Waals surface area contributed by atoms with Crippen LogP contribution in [-0.2, 0) is 0 Å². The normalized spacial score (nSPS) is 29.0. The van der Waals surface area contributed by atoms with E-state index in [4.69, 9.17) is 11.6 Å². The van der Waals surface area contributed by atoms with Gasteiger partial charge in [0.15, 0.2) is 0 Å². The van der Waals surface area contributed by atoms with Crippen molar-refractivity contribution in [2.24, 2.45) is 11.6 Å². The fourth-order valence-corrected chi connectivity index (χ4v) is 2.11. The molecule has 1 aliphatic rings. The van der Waals surface area contributed by atoms with Crippen molar-refractivity contribution in [2.45, 2.75) is 24.9 Å². The zero-order chi connectivity index (χ0) is 9.97. The van der Waals surface area contributed by atoms with Gasteiger partial charge < -0.3 is 5.73 Å². The van der Waals surface area contributed by atoms with Crippen molar-refractivity contribution >= 4 is 0 Å². The quantitative estimate of drug-likeness (QED) is 0.652. The van der Waals surface area contributed by atoms with Crippen LogP contribution in [0.25, 0.3) is 0 Å². The van der Waals surface area contributed by atoms with Crippen LogP contribution in [0.1, 0.15) is 24.3 Å². The lowest BCUT2D eigenvalue weighted by Crippen LogP contribution is -2.53. The molecule has 2 unspecified atom stereocenters. The van der Waals surface area contributed by atoms with E-state index < -0.39 is 0 Å². The van der Waals surface area contributed by atoms with Gasteiger partial charge in [-0.15, -0.1) is 0 Å². The van der Waals surface area contributed by atoms with Gasteiger partial charge in [-0.2, -0.15) is 0 Å². The van der Waals surface area contributed by atoms with E-state index in [0.29, 0.717) is 5.92 Å². The van der Waals surface area contributed by atoms with Gasteiger partial charge in [-0.25, -0.2) is 5.01 Å². The molecule has 3 nitrogen and oxygen atoms in total. The fraction of sp³-hybridized carbons (Fsp3) is 0.455. The SMILES string of the molecule is NC1C(c2ccccc2)CCCN1N. The van der Waals surface area contributed by atoms with E-state index in [9.17, 15) is 0 Å². The van der Waals surface area contributed by atoms with Crippen LogP contribution >= 0.6 is 0 Å².